The highest BCUT2D eigenvalue weighted by Crippen LogP contribution is 2.28. The summed E-state index contributed by atoms with van der Waals surface area (Å²) in [6.07, 6.45) is 7.77. The molecule has 0 aromatic heterocycles. The quantitative estimate of drug-likeness (QED) is 0.222. The Labute approximate surface area is 163 Å². The summed E-state index contributed by atoms with van der Waals surface area (Å²) in [6.45, 7) is 4.37. The zero-order valence-corrected chi connectivity index (χ0v) is 17.9. The van der Waals surface area contributed by atoms with Crippen LogP contribution in [0.25, 0.3) is 0 Å². The molecule has 5 heteroatoms. The van der Waals surface area contributed by atoms with Crippen molar-refractivity contribution in [2.24, 2.45) is 0 Å². The number of benzene rings is 1. The lowest BCUT2D eigenvalue weighted by Crippen LogP contribution is -2.02. The van der Waals surface area contributed by atoms with E-state index in [1.54, 1.807) is 0 Å². The van der Waals surface area contributed by atoms with Gasteiger partial charge in [-0.05, 0) is 32.1 Å². The van der Waals surface area contributed by atoms with Crippen LogP contribution in [0.5, 0.6) is 17.2 Å². The van der Waals surface area contributed by atoms with E-state index in [2.05, 4.69) is 38.8 Å². The fourth-order valence-electron chi connectivity index (χ4n) is 2.11. The lowest BCUT2D eigenvalue weighted by atomic mass is 10.2. The Morgan fingerprint density at radius 3 is 1.33 bits per heavy atom. The molecule has 0 unspecified atom stereocenters. The van der Waals surface area contributed by atoms with Crippen LogP contribution in [0.3, 0.4) is 0 Å². The highest BCUT2D eigenvalue weighted by Gasteiger charge is 2.05. The third kappa shape index (κ3) is 10.4. The summed E-state index contributed by atoms with van der Waals surface area (Å²) in [5, 5.41) is 2.03. The largest absolute Gasteiger partial charge is 0.493 e. The maximum Gasteiger partial charge on any atom is 0.126 e. The van der Waals surface area contributed by atoms with Gasteiger partial charge in [-0.2, -0.15) is 0 Å². The molecule has 0 N–H and O–H groups in total. The molecule has 0 spiro atoms. The van der Waals surface area contributed by atoms with E-state index >= 15 is 0 Å². The van der Waals surface area contributed by atoms with Gasteiger partial charge in [0.25, 0.3) is 0 Å². The minimum Gasteiger partial charge on any atom is -0.493 e. The Kier molecular flexibility index (Phi) is 13.4. The summed E-state index contributed by atoms with van der Waals surface area (Å²) < 4.78 is 17.6. The van der Waals surface area contributed by atoms with Crippen molar-refractivity contribution in [1.82, 2.24) is 0 Å². The minimum absolute atomic E-state index is 0.716. The molecular formula is C19H30Br2O3. The first-order chi connectivity index (χ1) is 11.8. The fourth-order valence-corrected chi connectivity index (χ4v) is 2.90. The Morgan fingerprint density at radius 2 is 1.00 bits per heavy atom. The molecule has 0 aliphatic rings. The predicted octanol–water partition coefficient (Wildman–Crippen LogP) is 6.36. The lowest BCUT2D eigenvalue weighted by Gasteiger charge is -2.13. The average molecular weight is 466 g/mol. The SMILES string of the molecule is CCCCCOc1cc(OCCCCBr)cc(OCCCCBr)c1. The smallest absolute Gasteiger partial charge is 0.126 e. The van der Waals surface area contributed by atoms with E-state index in [-0.39, 0.29) is 0 Å². The summed E-state index contributed by atoms with van der Waals surface area (Å²) in [5.74, 6) is 2.49. The Hall–Kier alpha value is -0.420. The molecule has 0 saturated carbocycles. The predicted molar refractivity (Wildman–Crippen MR) is 109 cm³/mol. The second-order valence-electron chi connectivity index (χ2n) is 5.68. The number of alkyl halides is 2. The van der Waals surface area contributed by atoms with Gasteiger partial charge in [-0.1, -0.05) is 51.6 Å². The lowest BCUT2D eigenvalue weighted by molar-refractivity contribution is 0.279. The standard InChI is InChI=1S/C19H30Br2O3/c1-2-3-6-11-22-17-14-18(23-12-7-4-9-20)16-19(15-17)24-13-8-5-10-21/h14-16H,2-13H2,1H3. The molecule has 3 nitrogen and oxygen atoms in total. The van der Waals surface area contributed by atoms with Gasteiger partial charge in [-0.25, -0.2) is 0 Å². The number of ether oxygens (including phenoxy) is 3. The molecule has 0 heterocycles. The van der Waals surface area contributed by atoms with E-state index in [0.717, 1.165) is 66.6 Å². The highest BCUT2D eigenvalue weighted by molar-refractivity contribution is 9.09. The van der Waals surface area contributed by atoms with E-state index in [4.69, 9.17) is 14.2 Å². The van der Waals surface area contributed by atoms with Crippen molar-refractivity contribution in [3.63, 3.8) is 0 Å². The van der Waals surface area contributed by atoms with Gasteiger partial charge in [0.2, 0.25) is 0 Å². The third-order valence-corrected chi connectivity index (χ3v) is 4.59. The minimum atomic E-state index is 0.716. The van der Waals surface area contributed by atoms with Crippen LogP contribution in [0.2, 0.25) is 0 Å². The van der Waals surface area contributed by atoms with E-state index < -0.39 is 0 Å². The molecule has 0 fully saturated rings. The van der Waals surface area contributed by atoms with Crippen LogP contribution in [0.1, 0.15) is 51.9 Å². The average Bonchev–Trinajstić information content (AvgIpc) is 2.59. The van der Waals surface area contributed by atoms with Crippen LogP contribution >= 0.6 is 31.9 Å². The van der Waals surface area contributed by atoms with E-state index in [1.807, 2.05) is 18.2 Å². The molecule has 1 aromatic rings. The molecule has 0 aliphatic carbocycles. The van der Waals surface area contributed by atoms with Crippen molar-refractivity contribution in [3.8, 4) is 17.2 Å². The molecule has 1 aromatic carbocycles. The first-order valence-corrected chi connectivity index (χ1v) is 11.2. The van der Waals surface area contributed by atoms with Gasteiger partial charge >= 0.3 is 0 Å². The molecule has 24 heavy (non-hydrogen) atoms. The molecule has 138 valence electrons. The molecular weight excluding hydrogens is 436 g/mol. The summed E-state index contributed by atoms with van der Waals surface area (Å²) in [4.78, 5) is 0. The third-order valence-electron chi connectivity index (χ3n) is 3.46. The van der Waals surface area contributed by atoms with Gasteiger partial charge in [0.1, 0.15) is 17.2 Å². The van der Waals surface area contributed by atoms with Crippen molar-refractivity contribution in [1.29, 1.82) is 0 Å². The molecule has 0 radical (unpaired) electrons. The van der Waals surface area contributed by atoms with Crippen molar-refractivity contribution in [3.05, 3.63) is 18.2 Å². The zero-order valence-electron chi connectivity index (χ0n) is 14.7. The van der Waals surface area contributed by atoms with E-state index in [9.17, 15) is 0 Å². The summed E-state index contributed by atoms with van der Waals surface area (Å²) in [5.41, 5.74) is 0. The van der Waals surface area contributed by atoms with Gasteiger partial charge in [0.05, 0.1) is 19.8 Å². The molecule has 1 rings (SSSR count). The number of hydrogen-bond donors (Lipinski definition) is 0. The van der Waals surface area contributed by atoms with Crippen molar-refractivity contribution in [2.75, 3.05) is 30.5 Å². The Morgan fingerprint density at radius 1 is 0.625 bits per heavy atom. The number of hydrogen-bond acceptors (Lipinski definition) is 3. The second kappa shape index (κ2) is 14.9. The molecule has 0 atom stereocenters. The summed E-state index contributed by atoms with van der Waals surface area (Å²) in [6, 6.07) is 5.89. The van der Waals surface area contributed by atoms with Gasteiger partial charge < -0.3 is 14.2 Å². The van der Waals surface area contributed by atoms with Gasteiger partial charge in [0, 0.05) is 28.9 Å². The molecule has 0 aliphatic heterocycles. The maximum atomic E-state index is 5.87. The van der Waals surface area contributed by atoms with Crippen LogP contribution in [0.15, 0.2) is 18.2 Å². The van der Waals surface area contributed by atoms with Crippen LogP contribution in [-0.4, -0.2) is 30.5 Å². The molecule has 0 saturated heterocycles. The van der Waals surface area contributed by atoms with Crippen molar-refractivity contribution >= 4 is 31.9 Å². The van der Waals surface area contributed by atoms with Gasteiger partial charge in [0.15, 0.2) is 0 Å². The summed E-state index contributed by atoms with van der Waals surface area (Å²) in [7, 11) is 0. The maximum absolute atomic E-state index is 5.87. The topological polar surface area (TPSA) is 27.7 Å². The van der Waals surface area contributed by atoms with E-state index in [0.29, 0.717) is 13.2 Å². The number of halogens is 2. The number of rotatable bonds is 15. The zero-order chi connectivity index (χ0) is 17.5. The van der Waals surface area contributed by atoms with Crippen LogP contribution in [-0.2, 0) is 0 Å². The summed E-state index contributed by atoms with van der Waals surface area (Å²) >= 11 is 6.88. The normalized spacial score (nSPS) is 10.6. The monoisotopic (exact) mass is 464 g/mol. The van der Waals surface area contributed by atoms with Gasteiger partial charge in [-0.3, -0.25) is 0 Å². The van der Waals surface area contributed by atoms with Crippen LogP contribution in [0.4, 0.5) is 0 Å². The number of unbranched alkanes of at least 4 members (excludes halogenated alkanes) is 4. The van der Waals surface area contributed by atoms with Crippen LogP contribution in [0, 0.1) is 0 Å². The first kappa shape index (κ1) is 21.6. The van der Waals surface area contributed by atoms with Gasteiger partial charge in [-0.15, -0.1) is 0 Å². The first-order valence-electron chi connectivity index (χ1n) is 8.95. The Balaban J connectivity index is 2.58. The molecule has 0 amide bonds. The fraction of sp³-hybridized carbons (Fsp3) is 0.684. The molecule has 0 bridgehead atoms. The highest BCUT2D eigenvalue weighted by atomic mass is 79.9. The van der Waals surface area contributed by atoms with Crippen molar-refractivity contribution in [2.45, 2.75) is 51.9 Å². The Bertz CT molecular complexity index is 353. The van der Waals surface area contributed by atoms with Crippen LogP contribution < -0.4 is 14.2 Å². The van der Waals surface area contributed by atoms with Crippen molar-refractivity contribution < 1.29 is 14.2 Å². The second-order valence-corrected chi connectivity index (χ2v) is 7.27. The van der Waals surface area contributed by atoms with E-state index in [1.165, 1.54) is 12.8 Å².